The van der Waals surface area contributed by atoms with Crippen molar-refractivity contribution in [3.05, 3.63) is 52.8 Å². The molecule has 1 aliphatic rings. The SMILES string of the molecule is N#Cc1cc(F)cc(Oc2ccc(S(N)(=O)=O)c3c2[C@@H](F)C(F)[C@H]3O)c1. The summed E-state index contributed by atoms with van der Waals surface area (Å²) < 4.78 is 70.4. The number of halogens is 3. The number of nitriles is 1. The maximum absolute atomic E-state index is 14.3. The maximum atomic E-state index is 14.3. The van der Waals surface area contributed by atoms with Crippen molar-refractivity contribution in [3.63, 3.8) is 0 Å². The Hall–Kier alpha value is -2.61. The zero-order chi connectivity index (χ0) is 19.2. The van der Waals surface area contributed by atoms with Gasteiger partial charge < -0.3 is 9.84 Å². The van der Waals surface area contributed by atoms with Crippen LogP contribution < -0.4 is 9.88 Å². The van der Waals surface area contributed by atoms with E-state index >= 15 is 0 Å². The van der Waals surface area contributed by atoms with E-state index in [0.29, 0.717) is 0 Å². The number of nitrogens with two attached hydrogens (primary N) is 1. The summed E-state index contributed by atoms with van der Waals surface area (Å²) in [4.78, 5) is -0.632. The predicted octanol–water partition coefficient (Wildman–Crippen LogP) is 2.53. The third-order valence-electron chi connectivity index (χ3n) is 3.89. The van der Waals surface area contributed by atoms with Gasteiger partial charge >= 0.3 is 0 Å². The van der Waals surface area contributed by atoms with Gasteiger partial charge in [0.2, 0.25) is 10.0 Å². The molecule has 6 nitrogen and oxygen atoms in total. The second kappa shape index (κ2) is 6.28. The Morgan fingerprint density at radius 2 is 1.88 bits per heavy atom. The number of sulfonamides is 1. The van der Waals surface area contributed by atoms with Crippen LogP contribution in [0.4, 0.5) is 13.2 Å². The van der Waals surface area contributed by atoms with E-state index in [1.165, 1.54) is 0 Å². The van der Waals surface area contributed by atoms with E-state index in [0.717, 1.165) is 30.3 Å². The number of aliphatic hydroxyl groups excluding tert-OH is 1. The van der Waals surface area contributed by atoms with Crippen molar-refractivity contribution >= 4 is 10.0 Å². The molecule has 2 aromatic rings. The van der Waals surface area contributed by atoms with Crippen molar-refractivity contribution in [1.82, 2.24) is 0 Å². The van der Waals surface area contributed by atoms with Crippen molar-refractivity contribution in [2.75, 3.05) is 0 Å². The molecule has 0 saturated heterocycles. The number of fused-ring (bicyclic) bond motifs is 1. The molecule has 0 saturated carbocycles. The van der Waals surface area contributed by atoms with Crippen LogP contribution in [-0.2, 0) is 10.0 Å². The number of hydrogen-bond donors (Lipinski definition) is 2. The number of alkyl halides is 2. The van der Waals surface area contributed by atoms with Crippen LogP contribution in [-0.4, -0.2) is 19.7 Å². The average molecular weight is 384 g/mol. The molecule has 1 aliphatic carbocycles. The van der Waals surface area contributed by atoms with Crippen LogP contribution in [0.15, 0.2) is 35.2 Å². The van der Waals surface area contributed by atoms with E-state index in [1.807, 2.05) is 0 Å². The highest BCUT2D eigenvalue weighted by molar-refractivity contribution is 7.89. The summed E-state index contributed by atoms with van der Waals surface area (Å²) in [5.41, 5.74) is -1.14. The van der Waals surface area contributed by atoms with Gasteiger partial charge in [0.05, 0.1) is 16.5 Å². The number of benzene rings is 2. The number of rotatable bonds is 3. The fourth-order valence-electron chi connectivity index (χ4n) is 2.81. The molecule has 3 rings (SSSR count). The molecule has 3 atom stereocenters. The Morgan fingerprint density at radius 3 is 2.50 bits per heavy atom. The van der Waals surface area contributed by atoms with E-state index in [4.69, 9.17) is 15.1 Å². The van der Waals surface area contributed by atoms with Crippen LogP contribution >= 0.6 is 0 Å². The normalized spacial score (nSPS) is 21.9. The monoisotopic (exact) mass is 384 g/mol. The highest BCUT2D eigenvalue weighted by atomic mass is 32.2. The van der Waals surface area contributed by atoms with Gasteiger partial charge in [-0.25, -0.2) is 26.7 Å². The molecule has 26 heavy (non-hydrogen) atoms. The molecular weight excluding hydrogens is 373 g/mol. The van der Waals surface area contributed by atoms with Crippen LogP contribution in [0.1, 0.15) is 29.0 Å². The molecule has 10 heteroatoms. The molecule has 0 fully saturated rings. The lowest BCUT2D eigenvalue weighted by atomic mass is 10.1. The minimum Gasteiger partial charge on any atom is -0.457 e. The first-order valence-electron chi connectivity index (χ1n) is 7.18. The summed E-state index contributed by atoms with van der Waals surface area (Å²) in [5.74, 6) is -1.30. The van der Waals surface area contributed by atoms with Gasteiger partial charge in [-0.1, -0.05) is 0 Å². The fraction of sp³-hybridized carbons (Fsp3) is 0.188. The number of hydrogen-bond acceptors (Lipinski definition) is 5. The van der Waals surface area contributed by atoms with Gasteiger partial charge in [0, 0.05) is 17.2 Å². The smallest absolute Gasteiger partial charge is 0.238 e. The zero-order valence-corrected chi connectivity index (χ0v) is 13.7. The van der Waals surface area contributed by atoms with E-state index in [-0.39, 0.29) is 17.1 Å². The number of aliphatic hydroxyl groups is 1. The van der Waals surface area contributed by atoms with E-state index in [9.17, 15) is 26.7 Å². The maximum Gasteiger partial charge on any atom is 0.238 e. The molecule has 136 valence electrons. The van der Waals surface area contributed by atoms with Crippen molar-refractivity contribution in [2.24, 2.45) is 5.14 Å². The van der Waals surface area contributed by atoms with Crippen LogP contribution in [0, 0.1) is 17.1 Å². The lowest BCUT2D eigenvalue weighted by Crippen LogP contribution is -2.17. The molecule has 0 aliphatic heterocycles. The summed E-state index contributed by atoms with van der Waals surface area (Å²) in [6.45, 7) is 0. The minimum atomic E-state index is -4.37. The summed E-state index contributed by atoms with van der Waals surface area (Å²) in [6, 6.07) is 6.68. The Labute approximate surface area is 146 Å². The fourth-order valence-corrected chi connectivity index (χ4v) is 3.61. The van der Waals surface area contributed by atoms with Crippen LogP contribution in [0.2, 0.25) is 0 Å². The predicted molar refractivity (Wildman–Crippen MR) is 82.7 cm³/mol. The second-order valence-electron chi connectivity index (χ2n) is 5.61. The molecule has 0 bridgehead atoms. The highest BCUT2D eigenvalue weighted by Crippen LogP contribution is 2.50. The second-order valence-corrected chi connectivity index (χ2v) is 7.14. The standard InChI is InChI=1S/C16H11F3N2O4S/c17-8-3-7(6-20)4-9(5-8)25-10-1-2-11(26(21,23)24)13-12(10)14(18)15(19)16(13)22/h1-5,14-16,22H,(H2,21,23,24)/t14-,15?,16+/m1/s1. The molecule has 0 aromatic heterocycles. The number of primary sulfonamides is 1. The van der Waals surface area contributed by atoms with Crippen LogP contribution in [0.5, 0.6) is 11.5 Å². The number of nitrogens with zero attached hydrogens (tertiary/aromatic N) is 1. The van der Waals surface area contributed by atoms with Gasteiger partial charge in [0.25, 0.3) is 0 Å². The molecule has 2 aromatic carbocycles. The Bertz CT molecular complexity index is 1040. The van der Waals surface area contributed by atoms with Crippen molar-refractivity contribution < 1.29 is 31.4 Å². The van der Waals surface area contributed by atoms with Gasteiger partial charge in [-0.15, -0.1) is 0 Å². The quantitative estimate of drug-likeness (QED) is 0.844. The van der Waals surface area contributed by atoms with Crippen molar-refractivity contribution in [3.8, 4) is 17.6 Å². The molecular formula is C16H11F3N2O4S. The van der Waals surface area contributed by atoms with Crippen molar-refractivity contribution in [2.45, 2.75) is 23.3 Å². The average Bonchev–Trinajstić information content (AvgIpc) is 2.79. The first kappa shape index (κ1) is 18.2. The lowest BCUT2D eigenvalue weighted by Gasteiger charge is -2.14. The first-order chi connectivity index (χ1) is 12.1. The molecule has 3 N–H and O–H groups in total. The van der Waals surface area contributed by atoms with Crippen LogP contribution in [0.25, 0.3) is 0 Å². The molecule has 1 unspecified atom stereocenters. The topological polar surface area (TPSA) is 113 Å². The Kier molecular flexibility index (Phi) is 4.39. The third kappa shape index (κ3) is 3.01. The Morgan fingerprint density at radius 1 is 1.19 bits per heavy atom. The van der Waals surface area contributed by atoms with Gasteiger partial charge in [0.15, 0.2) is 12.3 Å². The largest absolute Gasteiger partial charge is 0.457 e. The molecule has 0 amide bonds. The molecule has 0 heterocycles. The van der Waals surface area contributed by atoms with Crippen molar-refractivity contribution in [1.29, 1.82) is 5.26 Å². The molecule has 0 radical (unpaired) electrons. The van der Waals surface area contributed by atoms with E-state index in [2.05, 4.69) is 0 Å². The Balaban J connectivity index is 2.17. The van der Waals surface area contributed by atoms with Crippen LogP contribution in [0.3, 0.4) is 0 Å². The molecule has 0 spiro atoms. The summed E-state index contributed by atoms with van der Waals surface area (Å²) >= 11 is 0. The van der Waals surface area contributed by atoms with Gasteiger partial charge in [-0.05, 0) is 24.3 Å². The van der Waals surface area contributed by atoms with Gasteiger partial charge in [0.1, 0.15) is 23.4 Å². The van der Waals surface area contributed by atoms with E-state index < -0.39 is 50.3 Å². The highest BCUT2D eigenvalue weighted by Gasteiger charge is 2.46. The lowest BCUT2D eigenvalue weighted by molar-refractivity contribution is 0.0454. The minimum absolute atomic E-state index is 0.0713. The van der Waals surface area contributed by atoms with Gasteiger partial charge in [-0.2, -0.15) is 5.26 Å². The summed E-state index contributed by atoms with van der Waals surface area (Å²) in [6.07, 6.45) is -6.85. The summed E-state index contributed by atoms with van der Waals surface area (Å²) in [7, 11) is -4.37. The first-order valence-corrected chi connectivity index (χ1v) is 8.72. The van der Waals surface area contributed by atoms with E-state index in [1.54, 1.807) is 6.07 Å². The number of ether oxygens (including phenoxy) is 1. The zero-order valence-electron chi connectivity index (χ0n) is 12.9. The summed E-state index contributed by atoms with van der Waals surface area (Å²) in [5, 5.41) is 23.8. The third-order valence-corrected chi connectivity index (χ3v) is 4.86. The van der Waals surface area contributed by atoms with Gasteiger partial charge in [-0.3, -0.25) is 0 Å².